The molecule has 1 unspecified atom stereocenters. The van der Waals surface area contributed by atoms with E-state index in [-0.39, 0.29) is 13.0 Å². The van der Waals surface area contributed by atoms with Crippen molar-refractivity contribution in [1.82, 2.24) is 0 Å². The number of oxime groups is 1. The second kappa shape index (κ2) is 13.0. The predicted octanol–water partition coefficient (Wildman–Crippen LogP) is 4.80. The van der Waals surface area contributed by atoms with Gasteiger partial charge in [-0.05, 0) is 53.1 Å². The van der Waals surface area contributed by atoms with Gasteiger partial charge in [0.2, 0.25) is 0 Å². The van der Waals surface area contributed by atoms with E-state index in [2.05, 4.69) is 11.2 Å². The lowest BCUT2D eigenvalue weighted by Gasteiger charge is -2.10. The van der Waals surface area contributed by atoms with Crippen LogP contribution < -0.4 is 9.47 Å². The fraction of sp³-hybridized carbons (Fsp3) is 0.185. The normalized spacial score (nSPS) is 11.3. The van der Waals surface area contributed by atoms with Gasteiger partial charge in [-0.2, -0.15) is 10.5 Å². The highest BCUT2D eigenvalue weighted by atomic mass is 16.6. The molecule has 0 saturated heterocycles. The van der Waals surface area contributed by atoms with Crippen molar-refractivity contribution in [3.8, 4) is 23.6 Å². The minimum atomic E-state index is -1.01. The first-order valence-electron chi connectivity index (χ1n) is 10.8. The van der Waals surface area contributed by atoms with Crippen LogP contribution in [0.15, 0.2) is 78.0 Å². The molecule has 3 aromatic carbocycles. The summed E-state index contributed by atoms with van der Waals surface area (Å²) in [5, 5.41) is 30.7. The van der Waals surface area contributed by atoms with Crippen molar-refractivity contribution in [3.05, 3.63) is 95.1 Å². The molecule has 0 aliphatic rings. The van der Waals surface area contributed by atoms with Crippen LogP contribution in [0.1, 0.15) is 34.6 Å². The lowest BCUT2D eigenvalue weighted by molar-refractivity contribution is -0.137. The average Bonchev–Trinajstić information content (AvgIpc) is 2.89. The third kappa shape index (κ3) is 8.23. The van der Waals surface area contributed by atoms with E-state index < -0.39 is 11.9 Å². The van der Waals surface area contributed by atoms with Crippen molar-refractivity contribution in [2.75, 3.05) is 6.61 Å². The Balaban J connectivity index is 1.38. The number of aliphatic carboxylic acids is 1. The molecular weight excluding hydrogens is 446 g/mol. The van der Waals surface area contributed by atoms with E-state index in [0.29, 0.717) is 35.8 Å². The van der Waals surface area contributed by atoms with Crippen LogP contribution >= 0.6 is 0 Å². The molecule has 35 heavy (non-hydrogen) atoms. The molecule has 0 fully saturated rings. The zero-order chi connectivity index (χ0) is 24.9. The Labute approximate surface area is 203 Å². The molecule has 8 heteroatoms. The summed E-state index contributed by atoms with van der Waals surface area (Å²) in [6.45, 7) is 0.906. The Morgan fingerprint density at radius 3 is 2.11 bits per heavy atom. The lowest BCUT2D eigenvalue weighted by Crippen LogP contribution is -2.04. The number of ether oxygens (including phenoxy) is 2. The van der Waals surface area contributed by atoms with Gasteiger partial charge < -0.3 is 19.4 Å². The molecule has 8 nitrogen and oxygen atoms in total. The first-order valence-corrected chi connectivity index (χ1v) is 10.8. The maximum Gasteiger partial charge on any atom is 0.305 e. The summed E-state index contributed by atoms with van der Waals surface area (Å²) < 4.78 is 11.4. The van der Waals surface area contributed by atoms with E-state index in [1.165, 1.54) is 6.21 Å². The van der Waals surface area contributed by atoms with Crippen LogP contribution in [0.5, 0.6) is 11.5 Å². The highest BCUT2D eigenvalue weighted by molar-refractivity contribution is 5.68. The van der Waals surface area contributed by atoms with Crippen molar-refractivity contribution >= 4 is 12.2 Å². The third-order valence-electron chi connectivity index (χ3n) is 4.93. The van der Waals surface area contributed by atoms with Gasteiger partial charge in [0, 0.05) is 0 Å². The lowest BCUT2D eigenvalue weighted by atomic mass is 9.97. The van der Waals surface area contributed by atoms with Gasteiger partial charge in [0.1, 0.15) is 31.3 Å². The molecule has 3 aromatic rings. The summed E-state index contributed by atoms with van der Waals surface area (Å²) in [4.78, 5) is 16.1. The smallest absolute Gasteiger partial charge is 0.305 e. The van der Waals surface area contributed by atoms with E-state index in [1.807, 2.05) is 42.5 Å². The summed E-state index contributed by atoms with van der Waals surface area (Å²) in [5.74, 6) is -0.395. The number of nitrogens with zero attached hydrogens (tertiary/aromatic N) is 3. The highest BCUT2D eigenvalue weighted by Crippen LogP contribution is 2.23. The molecule has 1 atom stereocenters. The number of benzene rings is 3. The van der Waals surface area contributed by atoms with Crippen LogP contribution in [0.25, 0.3) is 0 Å². The molecule has 176 valence electrons. The van der Waals surface area contributed by atoms with E-state index in [1.54, 1.807) is 36.4 Å². The molecule has 0 spiro atoms. The quantitative estimate of drug-likeness (QED) is 0.298. The molecule has 1 N–H and O–H groups in total. The standard InChI is InChI=1S/C27H23N3O5/c28-16-20-1-3-22(4-2-20)19-35-30-13-14-33-25-9-5-21(6-10-25)18-34-26-11-7-23(8-12-26)24(17-29)15-27(31)32/h1-13,24H,14-15,18-19H2,(H,31,32)/b30-13+. The fourth-order valence-electron chi connectivity index (χ4n) is 3.06. The van der Waals surface area contributed by atoms with Gasteiger partial charge in [0.25, 0.3) is 0 Å². The molecule has 0 bridgehead atoms. The predicted molar refractivity (Wildman–Crippen MR) is 128 cm³/mol. The van der Waals surface area contributed by atoms with Gasteiger partial charge in [0.05, 0.1) is 36.3 Å². The van der Waals surface area contributed by atoms with Gasteiger partial charge in [-0.3, -0.25) is 4.79 Å². The van der Waals surface area contributed by atoms with E-state index in [0.717, 1.165) is 11.1 Å². The molecule has 0 aliphatic carbocycles. The van der Waals surface area contributed by atoms with Crippen LogP contribution in [0.2, 0.25) is 0 Å². The molecule has 0 amide bonds. The zero-order valence-electron chi connectivity index (χ0n) is 18.8. The van der Waals surface area contributed by atoms with Gasteiger partial charge in [0.15, 0.2) is 0 Å². The van der Waals surface area contributed by atoms with Crippen molar-refractivity contribution in [1.29, 1.82) is 10.5 Å². The summed E-state index contributed by atoms with van der Waals surface area (Å²) in [6.07, 6.45) is 1.29. The minimum absolute atomic E-state index is 0.234. The van der Waals surface area contributed by atoms with Crippen molar-refractivity contribution in [2.24, 2.45) is 5.16 Å². The molecule has 0 saturated carbocycles. The summed E-state index contributed by atoms with van der Waals surface area (Å²) in [5.41, 5.74) is 3.11. The number of rotatable bonds is 12. The second-order valence-electron chi connectivity index (χ2n) is 7.46. The van der Waals surface area contributed by atoms with Crippen LogP contribution in [0.4, 0.5) is 0 Å². The average molecular weight is 469 g/mol. The maximum atomic E-state index is 10.9. The van der Waals surface area contributed by atoms with Gasteiger partial charge >= 0.3 is 5.97 Å². The van der Waals surface area contributed by atoms with Crippen molar-refractivity contribution < 1.29 is 24.2 Å². The molecule has 0 aliphatic heterocycles. The maximum absolute atomic E-state index is 10.9. The largest absolute Gasteiger partial charge is 0.489 e. The van der Waals surface area contributed by atoms with Crippen LogP contribution in [0.3, 0.4) is 0 Å². The van der Waals surface area contributed by atoms with Crippen LogP contribution in [-0.2, 0) is 22.8 Å². The number of carboxylic acids is 1. The van der Waals surface area contributed by atoms with E-state index >= 15 is 0 Å². The molecular formula is C27H23N3O5. The number of carbonyl (C=O) groups is 1. The first-order chi connectivity index (χ1) is 17.1. The summed E-state index contributed by atoms with van der Waals surface area (Å²) in [7, 11) is 0. The van der Waals surface area contributed by atoms with Crippen molar-refractivity contribution in [2.45, 2.75) is 25.6 Å². The molecule has 0 aromatic heterocycles. The topological polar surface area (TPSA) is 125 Å². The molecule has 0 heterocycles. The van der Waals surface area contributed by atoms with Gasteiger partial charge in [-0.25, -0.2) is 0 Å². The van der Waals surface area contributed by atoms with Crippen LogP contribution in [-0.4, -0.2) is 23.9 Å². The van der Waals surface area contributed by atoms with E-state index in [4.69, 9.17) is 29.9 Å². The van der Waals surface area contributed by atoms with E-state index in [9.17, 15) is 4.79 Å². The molecule has 3 rings (SSSR count). The Bertz CT molecular complexity index is 1210. The van der Waals surface area contributed by atoms with Gasteiger partial charge in [-0.1, -0.05) is 41.6 Å². The van der Waals surface area contributed by atoms with Gasteiger partial charge in [-0.15, -0.1) is 0 Å². The Hall–Kier alpha value is -4.82. The number of nitriles is 2. The second-order valence-corrected chi connectivity index (χ2v) is 7.46. The summed E-state index contributed by atoms with van der Waals surface area (Å²) >= 11 is 0. The Kier molecular flexibility index (Phi) is 9.23. The monoisotopic (exact) mass is 469 g/mol. The third-order valence-corrected chi connectivity index (χ3v) is 4.93. The number of hydrogen-bond donors (Lipinski definition) is 1. The van der Waals surface area contributed by atoms with Crippen LogP contribution in [0, 0.1) is 22.7 Å². The zero-order valence-corrected chi connectivity index (χ0v) is 18.8. The van der Waals surface area contributed by atoms with Crippen molar-refractivity contribution in [3.63, 3.8) is 0 Å². The SMILES string of the molecule is N#Cc1ccc(CO/N=C/COc2ccc(COc3ccc(C(C#N)CC(=O)O)cc3)cc2)cc1. The Morgan fingerprint density at radius 1 is 0.886 bits per heavy atom. The minimum Gasteiger partial charge on any atom is -0.489 e. The fourth-order valence-corrected chi connectivity index (χ4v) is 3.06. The number of hydrogen-bond acceptors (Lipinski definition) is 7. The molecule has 0 radical (unpaired) electrons. The summed E-state index contributed by atoms with van der Waals surface area (Å²) in [6, 6.07) is 25.5. The Morgan fingerprint density at radius 2 is 1.49 bits per heavy atom. The number of carboxylic acid groups (broad SMARTS) is 1. The highest BCUT2D eigenvalue weighted by Gasteiger charge is 2.14. The first kappa shape index (κ1) is 24.8.